The molecule has 5 rings (SSSR count). The number of halogens is 2. The van der Waals surface area contributed by atoms with Gasteiger partial charge in [0.05, 0.1) is 25.3 Å². The van der Waals surface area contributed by atoms with Crippen molar-refractivity contribution in [1.29, 1.82) is 0 Å². The van der Waals surface area contributed by atoms with E-state index in [0.29, 0.717) is 32.0 Å². The molecular formula is C30H30F2N6O4. The first-order valence-corrected chi connectivity index (χ1v) is 13.4. The molecule has 42 heavy (non-hydrogen) atoms. The van der Waals surface area contributed by atoms with Crippen LogP contribution in [0.5, 0.6) is 0 Å². The van der Waals surface area contributed by atoms with Crippen LogP contribution in [0.3, 0.4) is 0 Å². The second-order valence-electron chi connectivity index (χ2n) is 10.8. The zero-order chi connectivity index (χ0) is 29.9. The number of anilines is 1. The van der Waals surface area contributed by atoms with Crippen LogP contribution in [0.25, 0.3) is 22.6 Å². The van der Waals surface area contributed by atoms with E-state index in [1.54, 1.807) is 32.0 Å². The molecule has 1 fully saturated rings. The largest absolute Gasteiger partial charge is 0.528 e. The topological polar surface area (TPSA) is 103 Å². The van der Waals surface area contributed by atoms with Crippen LogP contribution in [-0.2, 0) is 16.1 Å². The molecule has 0 radical (unpaired) electrons. The highest BCUT2D eigenvalue weighted by molar-refractivity contribution is 5.61. The van der Waals surface area contributed by atoms with Gasteiger partial charge >= 0.3 is 6.16 Å². The standard InChI is InChI=1S/C30H30F2N6O4/c1-30(2,3)41-29(40)42-37-13-11-36(12-14-37)26-9-10-33-28(34-26)21-6-4-5-20(15-21)19-38-27(39)8-7-25(35-38)22-16-23(31)18-24(32)17-22/h4-10,15-18H,11-14,19H2,1-3H3. The van der Waals surface area contributed by atoms with Gasteiger partial charge in [-0.05, 0) is 56.7 Å². The Balaban J connectivity index is 1.28. The Morgan fingerprint density at radius 3 is 2.38 bits per heavy atom. The van der Waals surface area contributed by atoms with E-state index in [1.165, 1.54) is 28.9 Å². The molecule has 3 heterocycles. The molecular weight excluding hydrogens is 546 g/mol. The Labute approximate surface area is 241 Å². The van der Waals surface area contributed by atoms with Gasteiger partial charge < -0.3 is 14.5 Å². The van der Waals surface area contributed by atoms with Crippen LogP contribution >= 0.6 is 0 Å². The van der Waals surface area contributed by atoms with E-state index in [0.717, 1.165) is 23.0 Å². The summed E-state index contributed by atoms with van der Waals surface area (Å²) in [5, 5.41) is 5.90. The fourth-order valence-corrected chi connectivity index (χ4v) is 4.45. The van der Waals surface area contributed by atoms with E-state index in [1.807, 2.05) is 30.3 Å². The Morgan fingerprint density at radius 1 is 0.929 bits per heavy atom. The monoisotopic (exact) mass is 576 g/mol. The fraction of sp³-hybridized carbons (Fsp3) is 0.300. The average Bonchev–Trinajstić information content (AvgIpc) is 2.93. The van der Waals surface area contributed by atoms with Crippen molar-refractivity contribution in [3.8, 4) is 22.6 Å². The maximum atomic E-state index is 13.7. The van der Waals surface area contributed by atoms with Gasteiger partial charge in [0.25, 0.3) is 5.56 Å². The summed E-state index contributed by atoms with van der Waals surface area (Å²) in [4.78, 5) is 41.1. The summed E-state index contributed by atoms with van der Waals surface area (Å²) in [6.07, 6.45) is 0.953. The van der Waals surface area contributed by atoms with Gasteiger partial charge in [-0.15, -0.1) is 5.06 Å². The van der Waals surface area contributed by atoms with Crippen molar-refractivity contribution < 1.29 is 23.1 Å². The number of carbonyl (C=O) groups excluding carboxylic acids is 1. The molecule has 2 aromatic carbocycles. The molecule has 10 nitrogen and oxygen atoms in total. The number of piperazine rings is 1. The van der Waals surface area contributed by atoms with E-state index < -0.39 is 23.4 Å². The lowest BCUT2D eigenvalue weighted by atomic mass is 10.1. The van der Waals surface area contributed by atoms with Crippen LogP contribution in [-0.4, -0.2) is 62.7 Å². The summed E-state index contributed by atoms with van der Waals surface area (Å²) in [6, 6.07) is 15.1. The highest BCUT2D eigenvalue weighted by Crippen LogP contribution is 2.22. The lowest BCUT2D eigenvalue weighted by molar-refractivity contribution is -0.144. The normalized spacial score (nSPS) is 14.1. The van der Waals surface area contributed by atoms with Gasteiger partial charge in [-0.1, -0.05) is 18.2 Å². The number of hydrogen-bond acceptors (Lipinski definition) is 9. The van der Waals surface area contributed by atoms with Gasteiger partial charge in [0.15, 0.2) is 5.82 Å². The number of rotatable bonds is 6. The number of nitrogens with zero attached hydrogens (tertiary/aromatic N) is 6. The van der Waals surface area contributed by atoms with Crippen LogP contribution in [0.1, 0.15) is 26.3 Å². The molecule has 0 amide bonds. The van der Waals surface area contributed by atoms with E-state index >= 15 is 0 Å². The smallest absolute Gasteiger partial charge is 0.427 e. The van der Waals surface area contributed by atoms with Crippen LogP contribution < -0.4 is 10.5 Å². The number of hydrogen-bond donors (Lipinski definition) is 0. The molecule has 0 N–H and O–H groups in total. The first-order valence-electron chi connectivity index (χ1n) is 13.4. The summed E-state index contributed by atoms with van der Waals surface area (Å²) in [7, 11) is 0. The van der Waals surface area contributed by atoms with E-state index in [-0.39, 0.29) is 23.4 Å². The van der Waals surface area contributed by atoms with Crippen LogP contribution in [0, 0.1) is 11.6 Å². The van der Waals surface area contributed by atoms with Crippen molar-refractivity contribution >= 4 is 12.0 Å². The quantitative estimate of drug-likeness (QED) is 0.303. The van der Waals surface area contributed by atoms with Crippen molar-refractivity contribution in [2.45, 2.75) is 32.9 Å². The molecule has 1 aliphatic heterocycles. The molecule has 2 aromatic heterocycles. The third-order valence-electron chi connectivity index (χ3n) is 6.34. The minimum Gasteiger partial charge on any atom is -0.427 e. The van der Waals surface area contributed by atoms with Crippen molar-refractivity contribution in [3.63, 3.8) is 0 Å². The van der Waals surface area contributed by atoms with E-state index in [9.17, 15) is 18.4 Å². The van der Waals surface area contributed by atoms with Gasteiger partial charge in [-0.25, -0.2) is 28.2 Å². The lowest BCUT2D eigenvalue weighted by Gasteiger charge is -2.34. The second-order valence-corrected chi connectivity index (χ2v) is 10.8. The summed E-state index contributed by atoms with van der Waals surface area (Å²) in [6.45, 7) is 7.61. The summed E-state index contributed by atoms with van der Waals surface area (Å²) < 4.78 is 33.9. The van der Waals surface area contributed by atoms with Gasteiger partial charge in [-0.2, -0.15) is 5.10 Å². The SMILES string of the molecule is CC(C)(C)OC(=O)ON1CCN(c2ccnc(-c3cccc(Cn4nc(-c5cc(F)cc(F)c5)ccc4=O)c3)n2)CC1. The third kappa shape index (κ3) is 7.32. The van der Waals surface area contributed by atoms with Gasteiger partial charge in [0, 0.05) is 42.5 Å². The van der Waals surface area contributed by atoms with Gasteiger partial charge in [0.1, 0.15) is 23.1 Å². The summed E-state index contributed by atoms with van der Waals surface area (Å²) in [5.74, 6) is -0.215. The lowest BCUT2D eigenvalue weighted by Crippen LogP contribution is -2.47. The van der Waals surface area contributed by atoms with Crippen molar-refractivity contribution in [1.82, 2.24) is 24.8 Å². The van der Waals surface area contributed by atoms with E-state index in [4.69, 9.17) is 14.6 Å². The maximum absolute atomic E-state index is 13.7. The van der Waals surface area contributed by atoms with Crippen LogP contribution in [0.4, 0.5) is 19.4 Å². The fourth-order valence-electron chi connectivity index (χ4n) is 4.45. The third-order valence-corrected chi connectivity index (χ3v) is 6.34. The molecule has 0 spiro atoms. The number of hydroxylamine groups is 2. The molecule has 0 atom stereocenters. The molecule has 12 heteroatoms. The molecule has 218 valence electrons. The highest BCUT2D eigenvalue weighted by Gasteiger charge is 2.25. The highest BCUT2D eigenvalue weighted by atomic mass is 19.1. The first-order chi connectivity index (χ1) is 20.0. The predicted octanol–water partition coefficient (Wildman–Crippen LogP) is 4.68. The minimum atomic E-state index is -0.729. The zero-order valence-electron chi connectivity index (χ0n) is 23.5. The Kier molecular flexibility index (Phi) is 8.25. The Morgan fingerprint density at radius 2 is 1.67 bits per heavy atom. The average molecular weight is 577 g/mol. The first kappa shape index (κ1) is 28.8. The molecule has 0 bridgehead atoms. The number of carbonyl (C=O) groups is 1. The number of benzene rings is 2. The zero-order valence-corrected chi connectivity index (χ0v) is 23.5. The number of aromatic nitrogens is 4. The van der Waals surface area contributed by atoms with Crippen molar-refractivity contribution in [2.24, 2.45) is 0 Å². The van der Waals surface area contributed by atoms with Crippen LogP contribution in [0.15, 0.2) is 71.7 Å². The van der Waals surface area contributed by atoms with Gasteiger partial charge in [-0.3, -0.25) is 4.79 Å². The molecule has 1 saturated heterocycles. The molecule has 4 aromatic rings. The predicted molar refractivity (Wildman–Crippen MR) is 152 cm³/mol. The van der Waals surface area contributed by atoms with Crippen molar-refractivity contribution in [3.05, 3.63) is 94.4 Å². The minimum absolute atomic E-state index is 0.137. The summed E-state index contributed by atoms with van der Waals surface area (Å²) in [5.41, 5.74) is 1.04. The summed E-state index contributed by atoms with van der Waals surface area (Å²) >= 11 is 0. The van der Waals surface area contributed by atoms with Crippen LogP contribution in [0.2, 0.25) is 0 Å². The maximum Gasteiger partial charge on any atom is 0.528 e. The van der Waals surface area contributed by atoms with E-state index in [2.05, 4.69) is 15.0 Å². The number of ether oxygens (including phenoxy) is 1. The van der Waals surface area contributed by atoms with Gasteiger partial charge in [0.2, 0.25) is 0 Å². The Bertz CT molecular complexity index is 1630. The molecule has 0 aliphatic carbocycles. The Hall–Kier alpha value is -4.71. The second kappa shape index (κ2) is 12.0. The molecule has 0 saturated carbocycles. The van der Waals surface area contributed by atoms with Crippen molar-refractivity contribution in [2.75, 3.05) is 31.1 Å². The molecule has 1 aliphatic rings. The molecule has 0 unspecified atom stereocenters.